The van der Waals surface area contributed by atoms with E-state index in [1.54, 1.807) is 12.0 Å². The number of hydrogen-bond acceptors (Lipinski definition) is 4. The molecule has 19 heavy (non-hydrogen) atoms. The van der Waals surface area contributed by atoms with E-state index in [1.165, 1.54) is 0 Å². The van der Waals surface area contributed by atoms with Gasteiger partial charge >= 0.3 is 0 Å². The second-order valence-corrected chi connectivity index (χ2v) is 5.32. The third-order valence-electron chi connectivity index (χ3n) is 3.52. The quantitative estimate of drug-likeness (QED) is 0.315. The van der Waals surface area contributed by atoms with Gasteiger partial charge in [0, 0.05) is 26.2 Å². The first-order valence-electron chi connectivity index (χ1n) is 6.83. The van der Waals surface area contributed by atoms with Gasteiger partial charge in [-0.05, 0) is 18.8 Å². The topological polar surface area (TPSA) is 88.2 Å². The minimum absolute atomic E-state index is 0.0584. The van der Waals surface area contributed by atoms with Crippen LogP contribution in [0.2, 0.25) is 0 Å². The van der Waals surface area contributed by atoms with Crippen molar-refractivity contribution < 1.29 is 14.7 Å². The van der Waals surface area contributed by atoms with Gasteiger partial charge in [-0.1, -0.05) is 24.9 Å². The Morgan fingerprint density at radius 2 is 2.16 bits per heavy atom. The number of carbonyl (C=O) groups excluding carboxylic acids is 1. The van der Waals surface area contributed by atoms with Gasteiger partial charge in [0.15, 0.2) is 5.84 Å². The number of nitrogens with two attached hydrogens (primary N) is 1. The van der Waals surface area contributed by atoms with Crippen LogP contribution in [0.1, 0.15) is 39.0 Å². The van der Waals surface area contributed by atoms with Crippen LogP contribution in [0.15, 0.2) is 5.16 Å². The zero-order valence-corrected chi connectivity index (χ0v) is 11.8. The molecule has 1 atom stereocenters. The fourth-order valence-electron chi connectivity index (χ4n) is 2.60. The zero-order chi connectivity index (χ0) is 14.3. The van der Waals surface area contributed by atoms with Crippen molar-refractivity contribution in [2.24, 2.45) is 16.8 Å². The summed E-state index contributed by atoms with van der Waals surface area (Å²) in [6.07, 6.45) is 4.71. The molecule has 0 spiro atoms. The Hall–Kier alpha value is -1.30. The van der Waals surface area contributed by atoms with Crippen LogP contribution in [0.25, 0.3) is 0 Å². The van der Waals surface area contributed by atoms with Crippen LogP contribution in [-0.2, 0) is 9.53 Å². The maximum absolute atomic E-state index is 12.3. The van der Waals surface area contributed by atoms with Crippen molar-refractivity contribution >= 4 is 11.7 Å². The average Bonchev–Trinajstić information content (AvgIpc) is 2.89. The van der Waals surface area contributed by atoms with Crippen molar-refractivity contribution in [2.45, 2.75) is 45.1 Å². The Labute approximate surface area is 114 Å². The first-order chi connectivity index (χ1) is 9.08. The normalized spacial score (nSPS) is 18.5. The summed E-state index contributed by atoms with van der Waals surface area (Å²) in [6, 6.07) is 0.225. The number of oxime groups is 1. The molecule has 0 aromatic heterocycles. The van der Waals surface area contributed by atoms with Gasteiger partial charge in [-0.3, -0.25) is 4.79 Å². The summed E-state index contributed by atoms with van der Waals surface area (Å²) in [4.78, 5) is 14.1. The SMILES string of the molecule is COCC(C)CC(=O)N(CC(N)=NO)C1CCCC1. The second-order valence-electron chi connectivity index (χ2n) is 5.32. The molecule has 0 bridgehead atoms. The molecule has 0 saturated heterocycles. The lowest BCUT2D eigenvalue weighted by Gasteiger charge is -2.29. The smallest absolute Gasteiger partial charge is 0.223 e. The average molecular weight is 271 g/mol. The van der Waals surface area contributed by atoms with Crippen LogP contribution in [0.5, 0.6) is 0 Å². The third kappa shape index (κ3) is 5.06. The first-order valence-corrected chi connectivity index (χ1v) is 6.83. The summed E-state index contributed by atoms with van der Waals surface area (Å²) < 4.78 is 5.05. The van der Waals surface area contributed by atoms with Crippen LogP contribution >= 0.6 is 0 Å². The highest BCUT2D eigenvalue weighted by Crippen LogP contribution is 2.24. The molecule has 1 fully saturated rings. The van der Waals surface area contributed by atoms with E-state index in [9.17, 15) is 4.79 Å². The Balaban J connectivity index is 2.63. The molecular formula is C13H25N3O3. The fraction of sp³-hybridized carbons (Fsp3) is 0.846. The number of methoxy groups -OCH3 is 1. The molecule has 0 heterocycles. The summed E-state index contributed by atoms with van der Waals surface area (Å²) in [5.74, 6) is 0.316. The summed E-state index contributed by atoms with van der Waals surface area (Å²) in [5.41, 5.74) is 5.55. The minimum atomic E-state index is 0.0584. The van der Waals surface area contributed by atoms with Crippen molar-refractivity contribution in [2.75, 3.05) is 20.3 Å². The molecule has 0 radical (unpaired) electrons. The lowest BCUT2D eigenvalue weighted by atomic mass is 10.1. The predicted octanol–water partition coefficient (Wildman–Crippen LogP) is 1.18. The molecular weight excluding hydrogens is 246 g/mol. The number of amidine groups is 1. The van der Waals surface area contributed by atoms with E-state index in [-0.39, 0.29) is 30.2 Å². The highest BCUT2D eigenvalue weighted by molar-refractivity contribution is 5.87. The van der Waals surface area contributed by atoms with Crippen molar-refractivity contribution in [3.05, 3.63) is 0 Å². The number of nitrogens with zero attached hydrogens (tertiary/aromatic N) is 2. The van der Waals surface area contributed by atoms with Gasteiger partial charge in [0.05, 0.1) is 6.54 Å². The molecule has 6 nitrogen and oxygen atoms in total. The number of amides is 1. The first kappa shape index (κ1) is 15.8. The van der Waals surface area contributed by atoms with Crippen LogP contribution in [0, 0.1) is 5.92 Å². The van der Waals surface area contributed by atoms with Gasteiger partial charge in [0.1, 0.15) is 0 Å². The molecule has 6 heteroatoms. The molecule has 1 rings (SSSR count). The van der Waals surface area contributed by atoms with Crippen LogP contribution in [-0.4, -0.2) is 48.2 Å². The lowest BCUT2D eigenvalue weighted by Crippen LogP contribution is -2.44. The van der Waals surface area contributed by atoms with E-state index in [1.807, 2.05) is 6.92 Å². The highest BCUT2D eigenvalue weighted by atomic mass is 16.5. The Morgan fingerprint density at radius 3 is 2.68 bits per heavy atom. The second kappa shape index (κ2) is 7.99. The molecule has 0 aromatic carbocycles. The monoisotopic (exact) mass is 271 g/mol. The van der Waals surface area contributed by atoms with E-state index in [2.05, 4.69) is 5.16 Å². The Bertz CT molecular complexity index is 314. The van der Waals surface area contributed by atoms with E-state index in [0.717, 1.165) is 25.7 Å². The maximum atomic E-state index is 12.3. The molecule has 1 saturated carbocycles. The maximum Gasteiger partial charge on any atom is 0.223 e. The van der Waals surface area contributed by atoms with Crippen molar-refractivity contribution in [3.63, 3.8) is 0 Å². The van der Waals surface area contributed by atoms with Crippen LogP contribution in [0.3, 0.4) is 0 Å². The van der Waals surface area contributed by atoms with Gasteiger partial charge in [-0.25, -0.2) is 0 Å². The third-order valence-corrected chi connectivity index (χ3v) is 3.52. The van der Waals surface area contributed by atoms with Gasteiger partial charge in [-0.2, -0.15) is 0 Å². The fourth-order valence-corrected chi connectivity index (χ4v) is 2.60. The van der Waals surface area contributed by atoms with Crippen LogP contribution in [0.4, 0.5) is 0 Å². The molecule has 1 aliphatic carbocycles. The van der Waals surface area contributed by atoms with Gasteiger partial charge < -0.3 is 20.6 Å². The molecule has 1 aliphatic rings. The van der Waals surface area contributed by atoms with Crippen molar-refractivity contribution in [1.82, 2.24) is 4.90 Å². The Kier molecular flexibility index (Phi) is 6.62. The number of carbonyl (C=O) groups is 1. The van der Waals surface area contributed by atoms with Crippen molar-refractivity contribution in [1.29, 1.82) is 0 Å². The van der Waals surface area contributed by atoms with Crippen molar-refractivity contribution in [3.8, 4) is 0 Å². The standard InChI is InChI=1S/C13H25N3O3/c1-10(9-19-2)7-13(17)16(8-12(14)15-18)11-5-3-4-6-11/h10-11,18H,3-9H2,1-2H3,(H2,14,15). The molecule has 0 aliphatic heterocycles. The summed E-state index contributed by atoms with van der Waals surface area (Å²) in [5, 5.41) is 11.7. The number of ether oxygens (including phenoxy) is 1. The minimum Gasteiger partial charge on any atom is -0.409 e. The van der Waals surface area contributed by atoms with E-state index in [0.29, 0.717) is 13.0 Å². The van der Waals surface area contributed by atoms with Gasteiger partial charge in [0.25, 0.3) is 0 Å². The van der Waals surface area contributed by atoms with Gasteiger partial charge in [0.2, 0.25) is 5.91 Å². The molecule has 0 aromatic rings. The predicted molar refractivity (Wildman–Crippen MR) is 73.0 cm³/mol. The van der Waals surface area contributed by atoms with Crippen LogP contribution < -0.4 is 5.73 Å². The summed E-state index contributed by atoms with van der Waals surface area (Å²) in [6.45, 7) is 2.76. The van der Waals surface area contributed by atoms with E-state index >= 15 is 0 Å². The number of rotatable bonds is 7. The summed E-state index contributed by atoms with van der Waals surface area (Å²) in [7, 11) is 1.63. The zero-order valence-electron chi connectivity index (χ0n) is 11.8. The molecule has 1 unspecified atom stereocenters. The van der Waals surface area contributed by atoms with E-state index in [4.69, 9.17) is 15.7 Å². The van der Waals surface area contributed by atoms with Gasteiger partial charge in [-0.15, -0.1) is 0 Å². The molecule has 1 amide bonds. The largest absolute Gasteiger partial charge is 0.409 e. The molecule has 110 valence electrons. The summed E-state index contributed by atoms with van der Waals surface area (Å²) >= 11 is 0. The van der Waals surface area contributed by atoms with E-state index < -0.39 is 0 Å². The highest BCUT2D eigenvalue weighted by Gasteiger charge is 2.28. The Morgan fingerprint density at radius 1 is 1.53 bits per heavy atom. The molecule has 3 N–H and O–H groups in total. The lowest BCUT2D eigenvalue weighted by molar-refractivity contribution is -0.133. The number of hydrogen-bond donors (Lipinski definition) is 2.